The molecular weight excluding hydrogens is 386 g/mol. The molecule has 0 aliphatic carbocycles. The van der Waals surface area contributed by atoms with E-state index < -0.39 is 5.97 Å². The number of thioether (sulfide) groups is 1. The van der Waals surface area contributed by atoms with Crippen molar-refractivity contribution < 1.29 is 19.1 Å². The number of hydrogen-bond acceptors (Lipinski definition) is 8. The molecule has 1 N–H and O–H groups in total. The van der Waals surface area contributed by atoms with Crippen molar-refractivity contribution >= 4 is 40.1 Å². The lowest BCUT2D eigenvalue weighted by Gasteiger charge is -2.35. The van der Waals surface area contributed by atoms with Crippen LogP contribution in [0.15, 0.2) is 44.2 Å². The number of nitrogens with zero attached hydrogens (tertiary/aromatic N) is 2. The Morgan fingerprint density at radius 3 is 2.85 bits per heavy atom. The van der Waals surface area contributed by atoms with Crippen LogP contribution in [0.3, 0.4) is 0 Å². The maximum atomic E-state index is 12.5. The number of fused-ring (bicyclic) bond motifs is 1. The number of carbonyl (C=O) groups excluding carboxylic acids is 2. The van der Waals surface area contributed by atoms with E-state index in [0.29, 0.717) is 24.4 Å². The van der Waals surface area contributed by atoms with Gasteiger partial charge in [-0.25, -0.2) is 9.79 Å². The maximum absolute atomic E-state index is 12.5. The lowest BCUT2D eigenvalue weighted by atomic mass is 9.96. The highest BCUT2D eigenvalue weighted by molar-refractivity contribution is 8.16. The number of methoxy groups -OCH3 is 2. The van der Waals surface area contributed by atoms with Crippen LogP contribution in [-0.2, 0) is 19.1 Å². The summed E-state index contributed by atoms with van der Waals surface area (Å²) >= 11 is 3.02. The molecule has 7 nitrogen and oxygen atoms in total. The molecule has 1 unspecified atom stereocenters. The monoisotopic (exact) mass is 407 g/mol. The number of esters is 1. The summed E-state index contributed by atoms with van der Waals surface area (Å²) < 4.78 is 9.97. The third-order valence-electron chi connectivity index (χ3n) is 4.23. The van der Waals surface area contributed by atoms with Gasteiger partial charge in [-0.3, -0.25) is 4.79 Å². The lowest BCUT2D eigenvalue weighted by molar-refractivity contribution is -0.136. The number of rotatable bonds is 7. The van der Waals surface area contributed by atoms with Crippen molar-refractivity contribution in [3.63, 3.8) is 0 Å². The Bertz CT molecular complexity index is 815. The van der Waals surface area contributed by atoms with Crippen LogP contribution in [-0.4, -0.2) is 49.3 Å². The number of amidine groups is 1. The zero-order chi connectivity index (χ0) is 19.4. The van der Waals surface area contributed by atoms with Crippen LogP contribution >= 0.6 is 23.1 Å². The van der Waals surface area contributed by atoms with Gasteiger partial charge in [0.05, 0.1) is 37.4 Å². The number of carbonyl (C=O) groups is 2. The van der Waals surface area contributed by atoms with Gasteiger partial charge < -0.3 is 19.7 Å². The van der Waals surface area contributed by atoms with Crippen molar-refractivity contribution in [2.75, 3.05) is 27.4 Å². The van der Waals surface area contributed by atoms with Gasteiger partial charge in [0.1, 0.15) is 0 Å². The molecule has 1 atom stereocenters. The Morgan fingerprint density at radius 2 is 2.19 bits per heavy atom. The zero-order valence-corrected chi connectivity index (χ0v) is 17.0. The quantitative estimate of drug-likeness (QED) is 0.553. The van der Waals surface area contributed by atoms with Gasteiger partial charge in [-0.15, -0.1) is 0 Å². The number of aliphatic imine (C=N–C) groups is 1. The average Bonchev–Trinajstić information content (AvgIpc) is 3.31. The van der Waals surface area contributed by atoms with Gasteiger partial charge in [0.15, 0.2) is 5.17 Å². The first-order valence-corrected chi connectivity index (χ1v) is 10.2. The molecule has 3 rings (SSSR count). The molecule has 0 fully saturated rings. The summed E-state index contributed by atoms with van der Waals surface area (Å²) in [7, 11) is 2.96. The van der Waals surface area contributed by atoms with E-state index in [1.54, 1.807) is 18.4 Å². The van der Waals surface area contributed by atoms with Gasteiger partial charge in [-0.1, -0.05) is 11.8 Å². The van der Waals surface area contributed by atoms with E-state index >= 15 is 0 Å². The Labute approximate surface area is 166 Å². The Morgan fingerprint density at radius 1 is 1.37 bits per heavy atom. The topological polar surface area (TPSA) is 80.2 Å². The molecule has 0 saturated carbocycles. The first kappa shape index (κ1) is 19.7. The highest BCUT2D eigenvalue weighted by atomic mass is 32.2. The van der Waals surface area contributed by atoms with E-state index in [2.05, 4.69) is 10.3 Å². The number of nitrogens with one attached hydrogen (secondary N) is 1. The van der Waals surface area contributed by atoms with E-state index in [4.69, 9.17) is 9.47 Å². The highest BCUT2D eigenvalue weighted by Gasteiger charge is 2.41. The maximum Gasteiger partial charge on any atom is 0.338 e. The van der Waals surface area contributed by atoms with Gasteiger partial charge in [-0.2, -0.15) is 11.3 Å². The van der Waals surface area contributed by atoms with Crippen LogP contribution in [0.25, 0.3) is 0 Å². The van der Waals surface area contributed by atoms with Crippen molar-refractivity contribution in [3.05, 3.63) is 44.8 Å². The molecule has 0 saturated heterocycles. The minimum Gasteiger partial charge on any atom is -0.466 e. The van der Waals surface area contributed by atoms with E-state index in [1.165, 1.54) is 18.9 Å². The molecule has 1 aromatic heterocycles. The van der Waals surface area contributed by atoms with E-state index in [1.807, 2.05) is 34.1 Å². The van der Waals surface area contributed by atoms with Gasteiger partial charge in [0, 0.05) is 19.4 Å². The first-order valence-electron chi connectivity index (χ1n) is 8.37. The van der Waals surface area contributed by atoms with Crippen molar-refractivity contribution in [2.45, 2.75) is 19.4 Å². The summed E-state index contributed by atoms with van der Waals surface area (Å²) in [6.45, 7) is 2.73. The van der Waals surface area contributed by atoms with Crippen molar-refractivity contribution in [1.29, 1.82) is 0 Å². The number of amides is 1. The fourth-order valence-corrected chi connectivity index (χ4v) is 4.65. The van der Waals surface area contributed by atoms with E-state index in [-0.39, 0.29) is 18.4 Å². The van der Waals surface area contributed by atoms with E-state index in [9.17, 15) is 9.59 Å². The Hall–Kier alpha value is -2.10. The minimum absolute atomic E-state index is 0.102. The summed E-state index contributed by atoms with van der Waals surface area (Å²) in [5, 5.41) is 9.48. The molecule has 3 heterocycles. The normalized spacial score (nSPS) is 18.8. The summed E-state index contributed by atoms with van der Waals surface area (Å²) in [6, 6.07) is 1.62. The Kier molecular flexibility index (Phi) is 6.35. The minimum atomic E-state index is -0.410. The van der Waals surface area contributed by atoms with Crippen molar-refractivity contribution in [1.82, 2.24) is 10.2 Å². The second-order valence-electron chi connectivity index (χ2n) is 5.96. The van der Waals surface area contributed by atoms with Gasteiger partial charge in [-0.05, 0) is 34.7 Å². The fourth-order valence-electron chi connectivity index (χ4n) is 3.01. The molecular formula is C18H21N3O4S2. The average molecular weight is 408 g/mol. The number of ether oxygens (including phenoxy) is 2. The predicted molar refractivity (Wildman–Crippen MR) is 106 cm³/mol. The van der Waals surface area contributed by atoms with Gasteiger partial charge >= 0.3 is 5.97 Å². The van der Waals surface area contributed by atoms with Crippen LogP contribution in [0.2, 0.25) is 0 Å². The zero-order valence-electron chi connectivity index (χ0n) is 15.4. The SMILES string of the molecule is COCCNC(=O)CC1=CSC2=NC(C)=C(C(=O)OC)C(c3ccsc3)N12. The largest absolute Gasteiger partial charge is 0.466 e. The van der Waals surface area contributed by atoms with Crippen LogP contribution in [0.5, 0.6) is 0 Å². The number of thiophene rings is 1. The van der Waals surface area contributed by atoms with Gasteiger partial charge in [0.25, 0.3) is 0 Å². The molecule has 0 radical (unpaired) electrons. The molecule has 2 aliphatic heterocycles. The van der Waals surface area contributed by atoms with Crippen LogP contribution in [0.1, 0.15) is 24.9 Å². The van der Waals surface area contributed by atoms with Crippen molar-refractivity contribution in [3.8, 4) is 0 Å². The number of allylic oxidation sites excluding steroid dienone is 1. The molecule has 0 aromatic carbocycles. The third-order valence-corrected chi connectivity index (χ3v) is 5.83. The van der Waals surface area contributed by atoms with Crippen molar-refractivity contribution in [2.24, 2.45) is 4.99 Å². The molecule has 0 spiro atoms. The summed E-state index contributed by atoms with van der Waals surface area (Å²) in [5.41, 5.74) is 2.91. The second kappa shape index (κ2) is 8.73. The summed E-state index contributed by atoms with van der Waals surface area (Å²) in [6.07, 6.45) is 0.198. The molecule has 27 heavy (non-hydrogen) atoms. The third kappa shape index (κ3) is 4.10. The van der Waals surface area contributed by atoms with Crippen LogP contribution in [0, 0.1) is 0 Å². The summed E-state index contributed by atoms with van der Waals surface area (Å²) in [5.74, 6) is -0.512. The standard InChI is InChI=1S/C18H21N3O4S2/c1-11-15(17(23)25-3)16(12-4-7-26-9-12)21-13(10-27-18(21)20-11)8-14(22)19-5-6-24-2/h4,7,9-10,16H,5-6,8H2,1-3H3,(H,19,22). The molecule has 9 heteroatoms. The number of hydrogen-bond donors (Lipinski definition) is 1. The van der Waals surface area contributed by atoms with Crippen LogP contribution in [0.4, 0.5) is 0 Å². The van der Waals surface area contributed by atoms with E-state index in [0.717, 1.165) is 16.4 Å². The molecule has 144 valence electrons. The molecule has 2 aliphatic rings. The molecule has 1 amide bonds. The lowest BCUT2D eigenvalue weighted by Crippen LogP contribution is -2.38. The predicted octanol–water partition coefficient (Wildman–Crippen LogP) is 2.65. The second-order valence-corrected chi connectivity index (χ2v) is 7.58. The smallest absolute Gasteiger partial charge is 0.338 e. The highest BCUT2D eigenvalue weighted by Crippen LogP contribution is 2.45. The van der Waals surface area contributed by atoms with Crippen LogP contribution < -0.4 is 5.32 Å². The molecule has 0 bridgehead atoms. The van der Waals surface area contributed by atoms with Gasteiger partial charge in [0.2, 0.25) is 5.91 Å². The Balaban J connectivity index is 1.89. The first-order chi connectivity index (χ1) is 13.1. The molecule has 1 aromatic rings. The summed E-state index contributed by atoms with van der Waals surface area (Å²) in [4.78, 5) is 31.3. The fraction of sp³-hybridized carbons (Fsp3) is 0.389.